The van der Waals surface area contributed by atoms with Gasteiger partial charge in [0, 0.05) is 26.2 Å². The number of rotatable bonds is 13. The van der Waals surface area contributed by atoms with Crippen LogP contribution < -0.4 is 20.1 Å². The number of para-hydroxylation sites is 2. The van der Waals surface area contributed by atoms with Crippen molar-refractivity contribution in [2.24, 2.45) is 0 Å². The van der Waals surface area contributed by atoms with Crippen LogP contribution >= 0.6 is 0 Å². The second kappa shape index (κ2) is 12.3. The highest BCUT2D eigenvalue weighted by Gasteiger charge is 2.06. The summed E-state index contributed by atoms with van der Waals surface area (Å²) in [6, 6.07) is 18.8. The first kappa shape index (κ1) is 20.2. The zero-order valence-electron chi connectivity index (χ0n) is 14.9. The van der Waals surface area contributed by atoms with Crippen molar-refractivity contribution >= 4 is 0 Å². The quantitative estimate of drug-likeness (QED) is 0.400. The second-order valence-corrected chi connectivity index (χ2v) is 5.96. The van der Waals surface area contributed by atoms with Crippen LogP contribution in [0.25, 0.3) is 0 Å². The molecule has 142 valence electrons. The lowest BCUT2D eigenvalue weighted by molar-refractivity contribution is 0.103. The minimum atomic E-state index is -0.569. The summed E-state index contributed by atoms with van der Waals surface area (Å²) in [6.45, 7) is 2.78. The molecule has 2 atom stereocenters. The second-order valence-electron chi connectivity index (χ2n) is 5.96. The van der Waals surface area contributed by atoms with Crippen LogP contribution in [0.2, 0.25) is 0 Å². The van der Waals surface area contributed by atoms with Crippen molar-refractivity contribution in [1.82, 2.24) is 10.6 Å². The molecule has 0 aliphatic heterocycles. The standard InChI is InChI=1S/C20H28N2O4/c23-17(15-25-19-7-3-1-4-8-19)13-21-11-12-22-14-18(24)16-26-20-9-5-2-6-10-20/h1-10,17-18,21-24H,11-16H2/t17-,18-/m1/s1. The van der Waals surface area contributed by atoms with E-state index in [1.807, 2.05) is 60.7 Å². The van der Waals surface area contributed by atoms with Gasteiger partial charge in [0.2, 0.25) is 0 Å². The largest absolute Gasteiger partial charge is 0.491 e. The third kappa shape index (κ3) is 8.82. The maximum Gasteiger partial charge on any atom is 0.119 e. The summed E-state index contributed by atoms with van der Waals surface area (Å²) in [5.41, 5.74) is 0. The van der Waals surface area contributed by atoms with E-state index < -0.39 is 12.2 Å². The van der Waals surface area contributed by atoms with Gasteiger partial charge in [0.15, 0.2) is 0 Å². The van der Waals surface area contributed by atoms with E-state index in [0.717, 1.165) is 11.5 Å². The minimum absolute atomic E-state index is 0.250. The molecule has 0 bridgehead atoms. The molecule has 0 aromatic heterocycles. The van der Waals surface area contributed by atoms with E-state index in [2.05, 4.69) is 10.6 Å². The predicted molar refractivity (Wildman–Crippen MR) is 102 cm³/mol. The molecule has 0 amide bonds. The molecule has 0 spiro atoms. The van der Waals surface area contributed by atoms with E-state index in [1.165, 1.54) is 0 Å². The van der Waals surface area contributed by atoms with Crippen LogP contribution in [-0.4, -0.2) is 61.8 Å². The highest BCUT2D eigenvalue weighted by molar-refractivity contribution is 5.21. The Morgan fingerprint density at radius 3 is 1.42 bits per heavy atom. The summed E-state index contributed by atoms with van der Waals surface area (Å²) in [6.07, 6.45) is -1.14. The van der Waals surface area contributed by atoms with Gasteiger partial charge in [-0.05, 0) is 24.3 Å². The molecule has 26 heavy (non-hydrogen) atoms. The van der Waals surface area contributed by atoms with Crippen LogP contribution in [0.15, 0.2) is 60.7 Å². The molecule has 2 aromatic carbocycles. The Bertz CT molecular complexity index is 529. The summed E-state index contributed by atoms with van der Waals surface area (Å²) < 4.78 is 11.0. The highest BCUT2D eigenvalue weighted by Crippen LogP contribution is 2.09. The third-order valence-electron chi connectivity index (χ3n) is 3.61. The van der Waals surface area contributed by atoms with Gasteiger partial charge in [-0.25, -0.2) is 0 Å². The molecule has 6 nitrogen and oxygen atoms in total. The fraction of sp³-hybridized carbons (Fsp3) is 0.400. The van der Waals surface area contributed by atoms with Crippen molar-refractivity contribution < 1.29 is 19.7 Å². The zero-order chi connectivity index (χ0) is 18.5. The SMILES string of the molecule is O[C@H](CNCCNC[C@@H](O)COc1ccccc1)COc1ccccc1. The molecule has 0 aliphatic carbocycles. The number of hydrogen-bond donors (Lipinski definition) is 4. The summed E-state index contributed by atoms with van der Waals surface area (Å²) in [4.78, 5) is 0. The van der Waals surface area contributed by atoms with Gasteiger partial charge < -0.3 is 30.3 Å². The van der Waals surface area contributed by atoms with Crippen molar-refractivity contribution in [3.8, 4) is 11.5 Å². The van der Waals surface area contributed by atoms with Gasteiger partial charge in [0.1, 0.15) is 36.9 Å². The summed E-state index contributed by atoms with van der Waals surface area (Å²) in [5.74, 6) is 1.50. The van der Waals surface area contributed by atoms with E-state index >= 15 is 0 Å². The van der Waals surface area contributed by atoms with Crippen LogP contribution in [0.5, 0.6) is 11.5 Å². The molecule has 0 unspecified atom stereocenters. The zero-order valence-corrected chi connectivity index (χ0v) is 14.9. The first-order valence-electron chi connectivity index (χ1n) is 8.87. The molecule has 0 saturated carbocycles. The Kier molecular flexibility index (Phi) is 9.53. The van der Waals surface area contributed by atoms with Gasteiger partial charge in [-0.3, -0.25) is 0 Å². The van der Waals surface area contributed by atoms with Crippen molar-refractivity contribution in [1.29, 1.82) is 0 Å². The summed E-state index contributed by atoms with van der Waals surface area (Å²) in [7, 11) is 0. The van der Waals surface area contributed by atoms with Crippen molar-refractivity contribution in [2.45, 2.75) is 12.2 Å². The van der Waals surface area contributed by atoms with Crippen LogP contribution in [0, 0.1) is 0 Å². The fourth-order valence-corrected chi connectivity index (χ4v) is 2.25. The molecule has 2 rings (SSSR count). The number of hydrogen-bond acceptors (Lipinski definition) is 6. The first-order chi connectivity index (χ1) is 12.7. The Morgan fingerprint density at radius 1 is 0.654 bits per heavy atom. The lowest BCUT2D eigenvalue weighted by atomic mass is 10.3. The van der Waals surface area contributed by atoms with E-state index in [0.29, 0.717) is 26.2 Å². The van der Waals surface area contributed by atoms with Gasteiger partial charge >= 0.3 is 0 Å². The van der Waals surface area contributed by atoms with E-state index in [1.54, 1.807) is 0 Å². The maximum atomic E-state index is 9.87. The molecule has 0 heterocycles. The predicted octanol–water partition coefficient (Wildman–Crippen LogP) is 1.05. The smallest absolute Gasteiger partial charge is 0.119 e. The van der Waals surface area contributed by atoms with Gasteiger partial charge in [0.25, 0.3) is 0 Å². The molecule has 4 N–H and O–H groups in total. The number of aliphatic hydroxyl groups excluding tert-OH is 2. The van der Waals surface area contributed by atoms with Crippen LogP contribution in [0.3, 0.4) is 0 Å². The van der Waals surface area contributed by atoms with Gasteiger partial charge in [-0.1, -0.05) is 36.4 Å². The number of aliphatic hydroxyl groups is 2. The van der Waals surface area contributed by atoms with Crippen LogP contribution in [0.4, 0.5) is 0 Å². The van der Waals surface area contributed by atoms with E-state index in [9.17, 15) is 10.2 Å². The van der Waals surface area contributed by atoms with Gasteiger partial charge in [-0.2, -0.15) is 0 Å². The molecule has 0 aliphatic rings. The molecule has 6 heteroatoms. The molecule has 0 saturated heterocycles. The normalized spacial score (nSPS) is 13.2. The Labute approximate surface area is 154 Å². The average Bonchev–Trinajstić information content (AvgIpc) is 2.69. The van der Waals surface area contributed by atoms with Crippen molar-refractivity contribution in [3.63, 3.8) is 0 Å². The summed E-state index contributed by atoms with van der Waals surface area (Å²) >= 11 is 0. The lowest BCUT2D eigenvalue weighted by Gasteiger charge is -2.15. The average molecular weight is 360 g/mol. The molecule has 0 fully saturated rings. The number of benzene rings is 2. The van der Waals surface area contributed by atoms with Crippen LogP contribution in [0.1, 0.15) is 0 Å². The minimum Gasteiger partial charge on any atom is -0.491 e. The third-order valence-corrected chi connectivity index (χ3v) is 3.61. The van der Waals surface area contributed by atoms with Gasteiger partial charge in [-0.15, -0.1) is 0 Å². The van der Waals surface area contributed by atoms with Crippen molar-refractivity contribution in [2.75, 3.05) is 39.4 Å². The highest BCUT2D eigenvalue weighted by atomic mass is 16.5. The fourth-order valence-electron chi connectivity index (χ4n) is 2.25. The molecular weight excluding hydrogens is 332 g/mol. The molecule has 2 aromatic rings. The Morgan fingerprint density at radius 2 is 1.04 bits per heavy atom. The van der Waals surface area contributed by atoms with E-state index in [-0.39, 0.29) is 13.2 Å². The van der Waals surface area contributed by atoms with Crippen LogP contribution in [-0.2, 0) is 0 Å². The van der Waals surface area contributed by atoms with E-state index in [4.69, 9.17) is 9.47 Å². The summed E-state index contributed by atoms with van der Waals surface area (Å²) in [5, 5.41) is 26.0. The molecule has 0 radical (unpaired) electrons. The topological polar surface area (TPSA) is 83.0 Å². The maximum absolute atomic E-state index is 9.87. The monoisotopic (exact) mass is 360 g/mol. The Balaban J connectivity index is 1.43. The molecular formula is C20H28N2O4. The first-order valence-corrected chi connectivity index (χ1v) is 8.87. The number of ether oxygens (including phenoxy) is 2. The lowest BCUT2D eigenvalue weighted by Crippen LogP contribution is -2.38. The Hall–Kier alpha value is -2.12. The van der Waals surface area contributed by atoms with Gasteiger partial charge in [0.05, 0.1) is 0 Å². The number of nitrogens with one attached hydrogen (secondary N) is 2. The van der Waals surface area contributed by atoms with Crippen molar-refractivity contribution in [3.05, 3.63) is 60.7 Å².